The summed E-state index contributed by atoms with van der Waals surface area (Å²) in [7, 11) is 0. The van der Waals surface area contributed by atoms with Gasteiger partial charge in [-0.1, -0.05) is 179 Å². The van der Waals surface area contributed by atoms with Gasteiger partial charge >= 0.3 is 17.4 Å². The average molecular weight is 643 g/mol. The van der Waals surface area contributed by atoms with Crippen LogP contribution in [0.3, 0.4) is 0 Å². The van der Waals surface area contributed by atoms with Crippen molar-refractivity contribution in [3.63, 3.8) is 0 Å². The molecule has 0 aromatic heterocycles. The van der Waals surface area contributed by atoms with Crippen LogP contribution in [-0.4, -0.2) is 17.4 Å². The zero-order valence-corrected chi connectivity index (χ0v) is 33.7. The maximum Gasteiger partial charge on any atom is 3.00 e. The molecule has 0 bridgehead atoms. The molecular formula is C42H63AlO3. The molecule has 0 atom stereocenters. The summed E-state index contributed by atoms with van der Waals surface area (Å²) in [5.74, 6) is 0.354. The fraction of sp³-hybridized carbons (Fsp3) is 0.571. The van der Waals surface area contributed by atoms with Crippen molar-refractivity contribution in [3.8, 4) is 17.2 Å². The van der Waals surface area contributed by atoms with Crippen LogP contribution in [0.1, 0.15) is 158 Å². The summed E-state index contributed by atoms with van der Waals surface area (Å²) in [4.78, 5) is 0. The quantitative estimate of drug-likeness (QED) is 0.229. The van der Waals surface area contributed by atoms with E-state index in [9.17, 15) is 15.3 Å². The zero-order chi connectivity index (χ0) is 35.6. The summed E-state index contributed by atoms with van der Waals surface area (Å²) in [5, 5.41) is 34.8. The van der Waals surface area contributed by atoms with Gasteiger partial charge in [0.25, 0.3) is 0 Å². The van der Waals surface area contributed by atoms with E-state index in [2.05, 4.69) is 143 Å². The van der Waals surface area contributed by atoms with Gasteiger partial charge in [0.05, 0.1) is 0 Å². The molecule has 0 saturated carbocycles. The molecule has 0 unspecified atom stereocenters. The molecule has 3 rings (SSSR count). The normalized spacial score (nSPS) is 12.7. The van der Waals surface area contributed by atoms with E-state index in [1.54, 1.807) is 36.4 Å². The van der Waals surface area contributed by atoms with Crippen LogP contribution < -0.4 is 15.3 Å². The molecule has 252 valence electrons. The van der Waals surface area contributed by atoms with Gasteiger partial charge in [-0.05, 0) is 65.9 Å². The Bertz CT molecular complexity index is 1140. The Morgan fingerprint density at radius 1 is 0.261 bits per heavy atom. The van der Waals surface area contributed by atoms with E-state index in [0.29, 0.717) is 0 Å². The van der Waals surface area contributed by atoms with Gasteiger partial charge in [-0.15, -0.1) is 17.2 Å². The third kappa shape index (κ3) is 14.2. The second-order valence-corrected chi connectivity index (χ2v) is 18.7. The van der Waals surface area contributed by atoms with E-state index >= 15 is 0 Å². The Labute approximate surface area is 294 Å². The summed E-state index contributed by atoms with van der Waals surface area (Å²) in [6.45, 7) is 38.4. The predicted octanol–water partition coefficient (Wildman–Crippen LogP) is 9.68. The zero-order valence-electron chi connectivity index (χ0n) is 32.5. The molecule has 0 spiro atoms. The topological polar surface area (TPSA) is 69.2 Å². The molecule has 3 aromatic rings. The van der Waals surface area contributed by atoms with Crippen molar-refractivity contribution in [1.82, 2.24) is 0 Å². The van der Waals surface area contributed by atoms with Crippen molar-refractivity contribution < 1.29 is 15.3 Å². The van der Waals surface area contributed by atoms with E-state index in [1.807, 2.05) is 0 Å². The SMILES string of the molecule is CC(C)(C)c1cc([O-])cc(C(C)(C)C)c1.CC(C)(C)c1cc([O-])cc(C(C)(C)C)c1.CC(C)(C)c1cc([O-])cc(C(C)(C)C)c1.[Al+3]. The van der Waals surface area contributed by atoms with Gasteiger partial charge in [0.15, 0.2) is 0 Å². The summed E-state index contributed by atoms with van der Waals surface area (Å²) < 4.78 is 0. The smallest absolute Gasteiger partial charge is 0.872 e. The molecule has 0 aliphatic carbocycles. The first-order valence-corrected chi connectivity index (χ1v) is 16.3. The van der Waals surface area contributed by atoms with Crippen molar-refractivity contribution in [2.24, 2.45) is 0 Å². The maximum atomic E-state index is 11.6. The summed E-state index contributed by atoms with van der Waals surface area (Å²) in [6.07, 6.45) is 0. The van der Waals surface area contributed by atoms with Gasteiger partial charge in [0, 0.05) is 0 Å². The molecule has 0 radical (unpaired) electrons. The van der Waals surface area contributed by atoms with Gasteiger partial charge in [0.2, 0.25) is 0 Å². The van der Waals surface area contributed by atoms with Crippen molar-refractivity contribution in [3.05, 3.63) is 88.0 Å². The van der Waals surface area contributed by atoms with E-state index in [1.165, 1.54) is 0 Å². The number of rotatable bonds is 0. The van der Waals surface area contributed by atoms with Gasteiger partial charge in [-0.3, -0.25) is 0 Å². The van der Waals surface area contributed by atoms with E-state index in [-0.39, 0.29) is 67.1 Å². The Balaban J connectivity index is 0.000000653. The molecule has 0 saturated heterocycles. The molecular weight excluding hydrogens is 579 g/mol. The number of hydrogen-bond donors (Lipinski definition) is 0. The first-order chi connectivity index (χ1) is 19.8. The van der Waals surface area contributed by atoms with Crippen LogP contribution >= 0.6 is 0 Å². The van der Waals surface area contributed by atoms with Gasteiger partial charge in [-0.25, -0.2) is 0 Å². The molecule has 3 aromatic carbocycles. The van der Waals surface area contributed by atoms with Crippen LogP contribution in [0.4, 0.5) is 0 Å². The molecule has 46 heavy (non-hydrogen) atoms. The minimum absolute atomic E-state index is 0. The second-order valence-electron chi connectivity index (χ2n) is 18.7. The molecule has 3 nitrogen and oxygen atoms in total. The van der Waals surface area contributed by atoms with Crippen molar-refractivity contribution in [1.29, 1.82) is 0 Å². The van der Waals surface area contributed by atoms with Crippen molar-refractivity contribution in [2.75, 3.05) is 0 Å². The Kier molecular flexibility index (Phi) is 14.4. The predicted molar refractivity (Wildman–Crippen MR) is 196 cm³/mol. The first kappa shape index (κ1) is 43.6. The summed E-state index contributed by atoms with van der Waals surface area (Å²) >= 11 is 0. The molecule has 0 aliphatic heterocycles. The standard InChI is InChI=1S/3C14H22O.Al/c3*1-13(2,3)10-7-11(14(4,5)6)9-12(15)8-10;/h3*7-9,15H,1-6H3;/q;;;+3/p-3. The minimum atomic E-state index is 0. The van der Waals surface area contributed by atoms with E-state index < -0.39 is 0 Å². The van der Waals surface area contributed by atoms with Crippen LogP contribution in [0.25, 0.3) is 0 Å². The van der Waals surface area contributed by atoms with Crippen LogP contribution in [0, 0.1) is 0 Å². The first-order valence-electron chi connectivity index (χ1n) is 16.3. The Morgan fingerprint density at radius 3 is 0.457 bits per heavy atom. The molecule has 0 heterocycles. The largest absolute Gasteiger partial charge is 3.00 e. The fourth-order valence-corrected chi connectivity index (χ4v) is 4.40. The third-order valence-corrected chi connectivity index (χ3v) is 7.92. The van der Waals surface area contributed by atoms with Gasteiger partial charge < -0.3 is 15.3 Å². The molecule has 0 N–H and O–H groups in total. The minimum Gasteiger partial charge on any atom is -0.872 e. The van der Waals surface area contributed by atoms with Gasteiger partial charge in [0.1, 0.15) is 0 Å². The Hall–Kier alpha value is -2.41. The monoisotopic (exact) mass is 642 g/mol. The second kappa shape index (κ2) is 15.2. The summed E-state index contributed by atoms with van der Waals surface area (Å²) in [6, 6.07) is 16.9. The molecule has 0 fully saturated rings. The maximum absolute atomic E-state index is 11.6. The third-order valence-electron chi connectivity index (χ3n) is 7.92. The molecule has 0 amide bonds. The van der Waals surface area contributed by atoms with Crippen molar-refractivity contribution >= 4 is 17.4 Å². The van der Waals surface area contributed by atoms with E-state index in [0.717, 1.165) is 33.4 Å². The van der Waals surface area contributed by atoms with E-state index in [4.69, 9.17) is 0 Å². The average Bonchev–Trinajstić information content (AvgIpc) is 2.80. The van der Waals surface area contributed by atoms with Crippen LogP contribution in [-0.2, 0) is 32.5 Å². The molecule has 4 heteroatoms. The van der Waals surface area contributed by atoms with Crippen molar-refractivity contribution in [2.45, 2.75) is 157 Å². The fourth-order valence-electron chi connectivity index (χ4n) is 4.40. The summed E-state index contributed by atoms with van der Waals surface area (Å²) in [5.41, 5.74) is 7.00. The van der Waals surface area contributed by atoms with Crippen LogP contribution in [0.15, 0.2) is 54.6 Å². The molecule has 0 aliphatic rings. The van der Waals surface area contributed by atoms with Crippen LogP contribution in [0.5, 0.6) is 17.2 Å². The number of benzene rings is 3. The number of hydrogen-bond acceptors (Lipinski definition) is 3. The van der Waals surface area contributed by atoms with Crippen LogP contribution in [0.2, 0.25) is 0 Å². The Morgan fingerprint density at radius 2 is 0.370 bits per heavy atom. The van der Waals surface area contributed by atoms with Gasteiger partial charge in [-0.2, -0.15) is 0 Å².